The van der Waals surface area contributed by atoms with Crippen LogP contribution in [0.25, 0.3) is 0 Å². The first kappa shape index (κ1) is 17.8. The summed E-state index contributed by atoms with van der Waals surface area (Å²) in [5.41, 5.74) is 13.7. The fourth-order valence-corrected chi connectivity index (χ4v) is 3.34. The molecule has 0 aliphatic heterocycles. The van der Waals surface area contributed by atoms with Gasteiger partial charge in [0.2, 0.25) is 0 Å². The minimum atomic E-state index is -0.174. The number of carbonyl (C=O) groups excluding carboxylic acids is 2. The van der Waals surface area contributed by atoms with Crippen molar-refractivity contribution in [3.63, 3.8) is 0 Å². The maximum Gasteiger partial charge on any atom is 0.251 e. The molecule has 2 atom stereocenters. The molecule has 0 unspecified atom stereocenters. The van der Waals surface area contributed by atoms with E-state index in [0.717, 1.165) is 25.7 Å². The molecule has 136 valence electrons. The van der Waals surface area contributed by atoms with Gasteiger partial charge in [-0.05, 0) is 49.2 Å². The highest BCUT2D eigenvalue weighted by Crippen LogP contribution is 2.20. The lowest BCUT2D eigenvalue weighted by atomic mass is 9.89. The minimum absolute atomic E-state index is 0.109. The quantitative estimate of drug-likeness (QED) is 0.633. The summed E-state index contributed by atoms with van der Waals surface area (Å²) in [4.78, 5) is 25.0. The van der Waals surface area contributed by atoms with Crippen LogP contribution in [0.15, 0.2) is 48.5 Å². The van der Waals surface area contributed by atoms with E-state index < -0.39 is 0 Å². The average Bonchev–Trinajstić information content (AvgIpc) is 2.63. The van der Waals surface area contributed by atoms with E-state index in [-0.39, 0.29) is 23.9 Å². The number of amides is 2. The number of hydrogen-bond acceptors (Lipinski definition) is 4. The van der Waals surface area contributed by atoms with Crippen LogP contribution in [0.4, 0.5) is 11.4 Å². The van der Waals surface area contributed by atoms with Crippen molar-refractivity contribution in [2.45, 2.75) is 37.8 Å². The fraction of sp³-hybridized carbons (Fsp3) is 0.300. The van der Waals surface area contributed by atoms with E-state index in [0.29, 0.717) is 22.5 Å². The van der Waals surface area contributed by atoms with Crippen LogP contribution >= 0.6 is 0 Å². The van der Waals surface area contributed by atoms with Gasteiger partial charge in [-0.2, -0.15) is 0 Å². The van der Waals surface area contributed by atoms with Crippen LogP contribution in [0.5, 0.6) is 0 Å². The molecule has 26 heavy (non-hydrogen) atoms. The Balaban J connectivity index is 1.67. The Kier molecular flexibility index (Phi) is 5.41. The molecule has 0 spiro atoms. The van der Waals surface area contributed by atoms with Crippen LogP contribution in [-0.4, -0.2) is 23.9 Å². The number of anilines is 2. The molecule has 1 saturated carbocycles. The summed E-state index contributed by atoms with van der Waals surface area (Å²) >= 11 is 0. The maximum absolute atomic E-state index is 12.5. The van der Waals surface area contributed by atoms with Crippen molar-refractivity contribution in [3.05, 3.63) is 59.7 Å². The third kappa shape index (κ3) is 4.33. The molecule has 2 amide bonds. The summed E-state index contributed by atoms with van der Waals surface area (Å²) in [6.07, 6.45) is 3.70. The van der Waals surface area contributed by atoms with Gasteiger partial charge in [-0.15, -0.1) is 0 Å². The van der Waals surface area contributed by atoms with Gasteiger partial charge in [-0.1, -0.05) is 25.0 Å². The number of benzene rings is 2. The molecular formula is C20H24N4O2. The molecular weight excluding hydrogens is 328 g/mol. The van der Waals surface area contributed by atoms with E-state index in [1.165, 1.54) is 0 Å². The highest BCUT2D eigenvalue weighted by atomic mass is 16.2. The zero-order valence-electron chi connectivity index (χ0n) is 14.6. The van der Waals surface area contributed by atoms with E-state index >= 15 is 0 Å². The van der Waals surface area contributed by atoms with E-state index in [1.54, 1.807) is 48.5 Å². The summed E-state index contributed by atoms with van der Waals surface area (Å²) < 4.78 is 0. The maximum atomic E-state index is 12.5. The molecule has 1 aliphatic rings. The largest absolute Gasteiger partial charge is 0.399 e. The predicted octanol–water partition coefficient (Wildman–Crippen LogP) is 2.32. The molecule has 0 radical (unpaired) electrons. The zero-order chi connectivity index (χ0) is 18.5. The molecule has 6 heteroatoms. The van der Waals surface area contributed by atoms with Crippen molar-refractivity contribution in [1.29, 1.82) is 0 Å². The zero-order valence-corrected chi connectivity index (χ0v) is 14.6. The van der Waals surface area contributed by atoms with Gasteiger partial charge in [0.1, 0.15) is 0 Å². The predicted molar refractivity (Wildman–Crippen MR) is 103 cm³/mol. The highest BCUT2D eigenvalue weighted by molar-refractivity contribution is 5.96. The third-order valence-corrected chi connectivity index (χ3v) is 4.70. The second-order valence-electron chi connectivity index (χ2n) is 6.70. The van der Waals surface area contributed by atoms with Crippen molar-refractivity contribution in [2.24, 2.45) is 0 Å². The monoisotopic (exact) mass is 352 g/mol. The molecule has 0 saturated heterocycles. The van der Waals surface area contributed by atoms with Gasteiger partial charge in [0.25, 0.3) is 11.8 Å². The average molecular weight is 352 g/mol. The Morgan fingerprint density at radius 2 is 1.19 bits per heavy atom. The number of hydrogen-bond donors (Lipinski definition) is 4. The topological polar surface area (TPSA) is 110 Å². The molecule has 1 aliphatic carbocycles. The molecule has 3 rings (SSSR count). The highest BCUT2D eigenvalue weighted by Gasteiger charge is 2.28. The number of rotatable bonds is 4. The van der Waals surface area contributed by atoms with E-state index in [1.807, 2.05) is 0 Å². The lowest BCUT2D eigenvalue weighted by Crippen LogP contribution is -2.53. The molecule has 6 N–H and O–H groups in total. The van der Waals surface area contributed by atoms with Crippen LogP contribution in [0, 0.1) is 0 Å². The van der Waals surface area contributed by atoms with E-state index in [4.69, 9.17) is 11.5 Å². The summed E-state index contributed by atoms with van der Waals surface area (Å²) in [5, 5.41) is 6.09. The lowest BCUT2D eigenvalue weighted by Gasteiger charge is -2.33. The van der Waals surface area contributed by atoms with Crippen LogP contribution in [0.2, 0.25) is 0 Å². The molecule has 6 nitrogen and oxygen atoms in total. The Morgan fingerprint density at radius 3 is 1.58 bits per heavy atom. The Hall–Kier alpha value is -3.02. The van der Waals surface area contributed by atoms with Crippen LogP contribution < -0.4 is 22.1 Å². The Labute approximate surface area is 153 Å². The van der Waals surface area contributed by atoms with Gasteiger partial charge in [0, 0.05) is 34.6 Å². The SMILES string of the molecule is Nc1cccc(C(=O)N[C@@H]2CCCC[C@H]2NC(=O)c2cccc(N)c2)c1. The minimum Gasteiger partial charge on any atom is -0.399 e. The Bertz CT molecular complexity index is 738. The van der Waals surface area contributed by atoms with Crippen LogP contribution in [-0.2, 0) is 0 Å². The van der Waals surface area contributed by atoms with Gasteiger partial charge >= 0.3 is 0 Å². The second-order valence-corrected chi connectivity index (χ2v) is 6.70. The van der Waals surface area contributed by atoms with Crippen LogP contribution in [0.1, 0.15) is 46.4 Å². The summed E-state index contributed by atoms with van der Waals surface area (Å²) in [6.45, 7) is 0. The summed E-state index contributed by atoms with van der Waals surface area (Å²) in [7, 11) is 0. The molecule has 0 aromatic heterocycles. The van der Waals surface area contributed by atoms with Crippen molar-refractivity contribution in [2.75, 3.05) is 11.5 Å². The van der Waals surface area contributed by atoms with Crippen molar-refractivity contribution in [1.82, 2.24) is 10.6 Å². The smallest absolute Gasteiger partial charge is 0.251 e. The van der Waals surface area contributed by atoms with Gasteiger partial charge < -0.3 is 22.1 Å². The van der Waals surface area contributed by atoms with E-state index in [9.17, 15) is 9.59 Å². The third-order valence-electron chi connectivity index (χ3n) is 4.70. The summed E-state index contributed by atoms with van der Waals surface area (Å²) in [6, 6.07) is 13.5. The van der Waals surface area contributed by atoms with Gasteiger partial charge in [-0.3, -0.25) is 9.59 Å². The lowest BCUT2D eigenvalue weighted by molar-refractivity contribution is 0.0863. The number of carbonyl (C=O) groups is 2. The summed E-state index contributed by atoms with van der Waals surface area (Å²) in [5.74, 6) is -0.347. The van der Waals surface area contributed by atoms with Crippen molar-refractivity contribution >= 4 is 23.2 Å². The fourth-order valence-electron chi connectivity index (χ4n) is 3.34. The van der Waals surface area contributed by atoms with Gasteiger partial charge in [0.05, 0.1) is 0 Å². The first-order chi connectivity index (χ1) is 12.5. The second kappa shape index (κ2) is 7.91. The first-order valence-corrected chi connectivity index (χ1v) is 8.86. The first-order valence-electron chi connectivity index (χ1n) is 8.86. The standard InChI is InChI=1S/C20H24N4O2/c21-15-7-3-5-13(11-15)19(25)23-17-9-1-2-10-18(17)24-20(26)14-6-4-8-16(22)12-14/h3-8,11-12,17-18H,1-2,9-10,21-22H2,(H,23,25)(H,24,26)/t17-,18-/m1/s1. The number of nitrogens with one attached hydrogen (secondary N) is 2. The molecule has 0 heterocycles. The number of nitrogens with two attached hydrogens (primary N) is 2. The van der Waals surface area contributed by atoms with E-state index in [2.05, 4.69) is 10.6 Å². The number of nitrogen functional groups attached to an aromatic ring is 2. The molecule has 2 aromatic rings. The van der Waals surface area contributed by atoms with Gasteiger partial charge in [-0.25, -0.2) is 0 Å². The molecule has 1 fully saturated rings. The van der Waals surface area contributed by atoms with Crippen molar-refractivity contribution in [3.8, 4) is 0 Å². The normalized spacial score (nSPS) is 19.5. The van der Waals surface area contributed by atoms with Crippen LogP contribution in [0.3, 0.4) is 0 Å². The Morgan fingerprint density at radius 1 is 0.769 bits per heavy atom. The molecule has 2 aromatic carbocycles. The molecule has 0 bridgehead atoms. The van der Waals surface area contributed by atoms with Crippen molar-refractivity contribution < 1.29 is 9.59 Å². The van der Waals surface area contributed by atoms with Gasteiger partial charge in [0.15, 0.2) is 0 Å².